The molecule has 0 fully saturated rings. The van der Waals surface area contributed by atoms with Gasteiger partial charge in [-0.05, 0) is 57.0 Å². The van der Waals surface area contributed by atoms with Crippen molar-refractivity contribution in [2.75, 3.05) is 13.2 Å². The van der Waals surface area contributed by atoms with E-state index < -0.39 is 5.54 Å². The maximum Gasteiger partial charge on any atom is 0.255 e. The quantitative estimate of drug-likeness (QED) is 0.732. The van der Waals surface area contributed by atoms with Crippen molar-refractivity contribution < 1.29 is 14.3 Å². The molecule has 6 heteroatoms. The minimum absolute atomic E-state index is 0.165. The summed E-state index contributed by atoms with van der Waals surface area (Å²) in [5, 5.41) is 7.57. The molecule has 4 rings (SSSR count). The predicted molar refractivity (Wildman–Crippen MR) is 111 cm³/mol. The number of benzene rings is 2. The third-order valence-corrected chi connectivity index (χ3v) is 5.29. The zero-order valence-electron chi connectivity index (χ0n) is 17.2. The van der Waals surface area contributed by atoms with Gasteiger partial charge in [-0.25, -0.2) is 4.68 Å². The first-order valence-electron chi connectivity index (χ1n) is 9.70. The number of aryl methyl sites for hydroxylation is 1. The molecule has 0 saturated carbocycles. The van der Waals surface area contributed by atoms with Crippen molar-refractivity contribution in [2.45, 2.75) is 33.2 Å². The zero-order chi connectivity index (χ0) is 20.6. The summed E-state index contributed by atoms with van der Waals surface area (Å²) >= 11 is 0. The number of carbonyl (C=O) groups excluding carboxylic acids is 1. The van der Waals surface area contributed by atoms with Crippen molar-refractivity contribution in [2.24, 2.45) is 0 Å². The van der Waals surface area contributed by atoms with Crippen LogP contribution in [0.3, 0.4) is 0 Å². The molecular weight excluding hydrogens is 366 g/mol. The number of rotatable bonds is 4. The van der Waals surface area contributed by atoms with Crippen LogP contribution in [-0.4, -0.2) is 28.9 Å². The summed E-state index contributed by atoms with van der Waals surface area (Å²) in [6.45, 7) is 8.96. The molecule has 0 atom stereocenters. The van der Waals surface area contributed by atoms with Gasteiger partial charge in [-0.2, -0.15) is 5.10 Å². The number of amides is 1. The number of ether oxygens (including phenoxy) is 2. The van der Waals surface area contributed by atoms with Crippen molar-refractivity contribution in [3.8, 4) is 17.2 Å². The molecule has 0 unspecified atom stereocenters. The summed E-state index contributed by atoms with van der Waals surface area (Å²) in [5.41, 5.74) is 3.77. The van der Waals surface area contributed by atoms with Crippen LogP contribution in [0.4, 0.5) is 0 Å². The Morgan fingerprint density at radius 3 is 2.55 bits per heavy atom. The van der Waals surface area contributed by atoms with Gasteiger partial charge in [0, 0.05) is 0 Å². The highest BCUT2D eigenvalue weighted by atomic mass is 16.6. The summed E-state index contributed by atoms with van der Waals surface area (Å²) in [7, 11) is 0. The molecular formula is C23H25N3O3. The van der Waals surface area contributed by atoms with Crippen molar-refractivity contribution in [1.82, 2.24) is 15.1 Å². The van der Waals surface area contributed by atoms with Gasteiger partial charge in [0.1, 0.15) is 13.2 Å². The Bertz CT molecular complexity index is 1070. The van der Waals surface area contributed by atoms with Gasteiger partial charge in [0.2, 0.25) is 0 Å². The molecule has 1 aliphatic rings. The standard InChI is InChI=1S/C23H25N3O3/c1-15-7-5-6-8-19(15)26-16(2)18(14-24-26)22(27)25-23(3,4)17-9-10-20-21(13-17)29-12-11-28-20/h5-10,13-14H,11-12H2,1-4H3,(H,25,27). The van der Waals surface area contributed by atoms with Gasteiger partial charge in [-0.15, -0.1) is 0 Å². The first-order chi connectivity index (χ1) is 13.9. The first kappa shape index (κ1) is 19.1. The maximum absolute atomic E-state index is 13.1. The Kier molecular flexibility index (Phi) is 4.78. The molecule has 1 aromatic heterocycles. The summed E-state index contributed by atoms with van der Waals surface area (Å²) in [6, 6.07) is 13.8. The maximum atomic E-state index is 13.1. The van der Waals surface area contributed by atoms with Crippen LogP contribution in [0, 0.1) is 13.8 Å². The Morgan fingerprint density at radius 2 is 1.79 bits per heavy atom. The summed E-state index contributed by atoms with van der Waals surface area (Å²) in [5.74, 6) is 1.28. The lowest BCUT2D eigenvalue weighted by molar-refractivity contribution is 0.0911. The second-order valence-corrected chi connectivity index (χ2v) is 7.78. The van der Waals surface area contributed by atoms with E-state index in [1.807, 2.05) is 70.2 Å². The molecule has 0 saturated heterocycles. The van der Waals surface area contributed by atoms with Crippen molar-refractivity contribution >= 4 is 5.91 Å². The number of hydrogen-bond donors (Lipinski definition) is 1. The largest absolute Gasteiger partial charge is 0.486 e. The monoisotopic (exact) mass is 391 g/mol. The molecule has 6 nitrogen and oxygen atoms in total. The fraction of sp³-hybridized carbons (Fsp3) is 0.304. The third kappa shape index (κ3) is 3.58. The van der Waals surface area contributed by atoms with Crippen molar-refractivity contribution in [3.63, 3.8) is 0 Å². The average molecular weight is 391 g/mol. The normalized spacial score (nSPS) is 13.2. The van der Waals surface area contributed by atoms with Crippen LogP contribution in [0.15, 0.2) is 48.7 Å². The minimum atomic E-state index is -0.593. The van der Waals surface area contributed by atoms with Gasteiger partial charge in [0.05, 0.1) is 28.7 Å². The smallest absolute Gasteiger partial charge is 0.255 e. The third-order valence-electron chi connectivity index (χ3n) is 5.29. The fourth-order valence-electron chi connectivity index (χ4n) is 3.53. The van der Waals surface area contributed by atoms with Crippen LogP contribution in [0.25, 0.3) is 5.69 Å². The molecule has 2 aromatic carbocycles. The van der Waals surface area contributed by atoms with Gasteiger partial charge in [0.25, 0.3) is 5.91 Å². The molecule has 2 heterocycles. The van der Waals surface area contributed by atoms with Gasteiger partial charge in [-0.1, -0.05) is 24.3 Å². The molecule has 150 valence electrons. The molecule has 0 bridgehead atoms. The van der Waals surface area contributed by atoms with Gasteiger partial charge in [0.15, 0.2) is 11.5 Å². The Balaban J connectivity index is 1.59. The number of nitrogens with one attached hydrogen (secondary N) is 1. The first-order valence-corrected chi connectivity index (χ1v) is 9.70. The molecule has 0 radical (unpaired) electrons. The van der Waals surface area contributed by atoms with Gasteiger partial charge >= 0.3 is 0 Å². The van der Waals surface area contributed by atoms with Crippen LogP contribution in [0.2, 0.25) is 0 Å². The second kappa shape index (κ2) is 7.28. The number of carbonyl (C=O) groups is 1. The second-order valence-electron chi connectivity index (χ2n) is 7.78. The summed E-state index contributed by atoms with van der Waals surface area (Å²) < 4.78 is 13.1. The van der Waals surface area contributed by atoms with E-state index in [0.29, 0.717) is 24.5 Å². The average Bonchev–Trinajstić information content (AvgIpc) is 3.09. The van der Waals surface area contributed by atoms with Crippen LogP contribution in [0.5, 0.6) is 11.5 Å². The summed E-state index contributed by atoms with van der Waals surface area (Å²) in [4.78, 5) is 13.1. The van der Waals surface area contributed by atoms with E-state index >= 15 is 0 Å². The van der Waals surface area contributed by atoms with E-state index in [0.717, 1.165) is 28.3 Å². The molecule has 1 amide bonds. The Hall–Kier alpha value is -3.28. The number of fused-ring (bicyclic) bond motifs is 1. The number of nitrogens with zero attached hydrogens (tertiary/aromatic N) is 2. The van der Waals surface area contributed by atoms with Crippen molar-refractivity contribution in [3.05, 3.63) is 71.0 Å². The molecule has 0 aliphatic carbocycles. The molecule has 0 spiro atoms. The minimum Gasteiger partial charge on any atom is -0.486 e. The Labute approximate surface area is 170 Å². The highest BCUT2D eigenvalue weighted by Gasteiger charge is 2.27. The highest BCUT2D eigenvalue weighted by molar-refractivity contribution is 5.95. The van der Waals surface area contributed by atoms with Crippen LogP contribution in [0.1, 0.15) is 41.0 Å². The lowest BCUT2D eigenvalue weighted by Crippen LogP contribution is -2.41. The number of para-hydroxylation sites is 1. The molecule has 29 heavy (non-hydrogen) atoms. The molecule has 1 N–H and O–H groups in total. The predicted octanol–water partition coefficient (Wildman–Crippen LogP) is 3.93. The van der Waals surface area contributed by atoms with Crippen molar-refractivity contribution in [1.29, 1.82) is 0 Å². The van der Waals surface area contributed by atoms with Gasteiger partial charge < -0.3 is 14.8 Å². The van der Waals surface area contributed by atoms with E-state index in [1.54, 1.807) is 10.9 Å². The van der Waals surface area contributed by atoms with Crippen LogP contribution >= 0.6 is 0 Å². The van der Waals surface area contributed by atoms with E-state index in [9.17, 15) is 4.79 Å². The summed E-state index contributed by atoms with van der Waals surface area (Å²) in [6.07, 6.45) is 1.62. The zero-order valence-corrected chi connectivity index (χ0v) is 17.2. The molecule has 3 aromatic rings. The van der Waals surface area contributed by atoms with E-state index in [4.69, 9.17) is 9.47 Å². The van der Waals surface area contributed by atoms with Crippen LogP contribution in [-0.2, 0) is 5.54 Å². The fourth-order valence-corrected chi connectivity index (χ4v) is 3.53. The lowest BCUT2D eigenvalue weighted by Gasteiger charge is -2.28. The van der Waals surface area contributed by atoms with Crippen LogP contribution < -0.4 is 14.8 Å². The SMILES string of the molecule is Cc1ccccc1-n1ncc(C(=O)NC(C)(C)c2ccc3c(c2)OCCO3)c1C. The number of aromatic nitrogens is 2. The van der Waals surface area contributed by atoms with E-state index in [-0.39, 0.29) is 5.91 Å². The van der Waals surface area contributed by atoms with E-state index in [2.05, 4.69) is 10.4 Å². The molecule has 1 aliphatic heterocycles. The highest BCUT2D eigenvalue weighted by Crippen LogP contribution is 2.34. The topological polar surface area (TPSA) is 65.4 Å². The number of hydrogen-bond acceptors (Lipinski definition) is 4. The lowest BCUT2D eigenvalue weighted by atomic mass is 9.93. The Morgan fingerprint density at radius 1 is 1.07 bits per heavy atom. The van der Waals surface area contributed by atoms with E-state index in [1.165, 1.54) is 0 Å². The van der Waals surface area contributed by atoms with Gasteiger partial charge in [-0.3, -0.25) is 4.79 Å².